The van der Waals surface area contributed by atoms with Crippen molar-refractivity contribution >= 4 is 0 Å². The fraction of sp³-hybridized carbons (Fsp3) is 0.538. The first kappa shape index (κ1) is 22.3. The molecular formula is C26H40N2. The highest BCUT2D eigenvalue weighted by atomic mass is 14.6. The maximum Gasteiger partial charge on any atom is 0.0384 e. The van der Waals surface area contributed by atoms with Gasteiger partial charge in [0.15, 0.2) is 0 Å². The van der Waals surface area contributed by atoms with Gasteiger partial charge in [-0.1, -0.05) is 79.7 Å². The van der Waals surface area contributed by atoms with Crippen molar-refractivity contribution in [2.24, 2.45) is 35.1 Å². The van der Waals surface area contributed by atoms with Crippen LogP contribution in [0.2, 0.25) is 0 Å². The average molecular weight is 381 g/mol. The van der Waals surface area contributed by atoms with Gasteiger partial charge < -0.3 is 11.5 Å². The highest BCUT2D eigenvalue weighted by Crippen LogP contribution is 2.37. The molecule has 2 rings (SSSR count). The number of hydrogen-bond donors (Lipinski definition) is 2. The minimum atomic E-state index is 0.413. The Balaban J connectivity index is 2.47. The summed E-state index contributed by atoms with van der Waals surface area (Å²) < 4.78 is 0. The van der Waals surface area contributed by atoms with Crippen LogP contribution in [0.25, 0.3) is 0 Å². The van der Waals surface area contributed by atoms with Gasteiger partial charge in [-0.2, -0.15) is 0 Å². The predicted molar refractivity (Wildman–Crippen MR) is 123 cm³/mol. The van der Waals surface area contributed by atoms with Crippen molar-refractivity contribution in [3.63, 3.8) is 0 Å². The van der Waals surface area contributed by atoms with Gasteiger partial charge in [0.05, 0.1) is 0 Å². The van der Waals surface area contributed by atoms with E-state index < -0.39 is 0 Å². The maximum atomic E-state index is 6.58. The van der Waals surface area contributed by atoms with E-state index in [4.69, 9.17) is 11.5 Å². The molecule has 0 aromatic heterocycles. The zero-order valence-corrected chi connectivity index (χ0v) is 19.2. The summed E-state index contributed by atoms with van der Waals surface area (Å²) in [5.74, 6) is 1.75. The van der Waals surface area contributed by atoms with Crippen molar-refractivity contribution in [1.29, 1.82) is 0 Å². The molecule has 0 aromatic rings. The molecule has 154 valence electrons. The van der Waals surface area contributed by atoms with Crippen LogP contribution < -0.4 is 11.5 Å². The van der Waals surface area contributed by atoms with Crippen LogP contribution in [0.5, 0.6) is 0 Å². The van der Waals surface area contributed by atoms with Crippen molar-refractivity contribution in [2.45, 2.75) is 68.2 Å². The molecule has 0 radical (unpaired) electrons. The number of hydrogen-bond acceptors (Lipinski definition) is 2. The smallest absolute Gasteiger partial charge is 0.0384 e. The SMILES string of the molecule is CC(C)C1=CCC(=CC=C2CC=C(C(C)C)C(N)=C2C(C)C)C(C(C)C)=C1N. The Bertz CT molecular complexity index is 722. The molecule has 0 aliphatic heterocycles. The fourth-order valence-corrected chi connectivity index (χ4v) is 4.51. The third kappa shape index (κ3) is 4.54. The van der Waals surface area contributed by atoms with Crippen LogP contribution in [0.15, 0.2) is 69.1 Å². The Morgan fingerprint density at radius 2 is 0.929 bits per heavy atom. The minimum absolute atomic E-state index is 0.413. The molecule has 0 spiro atoms. The summed E-state index contributed by atoms with van der Waals surface area (Å²) in [5, 5.41) is 0. The maximum absolute atomic E-state index is 6.58. The van der Waals surface area contributed by atoms with Crippen molar-refractivity contribution in [3.05, 3.63) is 69.1 Å². The third-order valence-electron chi connectivity index (χ3n) is 5.86. The molecule has 0 heterocycles. The summed E-state index contributed by atoms with van der Waals surface area (Å²) in [6, 6.07) is 0. The van der Waals surface area contributed by atoms with Crippen LogP contribution in [-0.2, 0) is 0 Å². The second kappa shape index (κ2) is 9.03. The lowest BCUT2D eigenvalue weighted by atomic mass is 9.80. The summed E-state index contributed by atoms with van der Waals surface area (Å²) >= 11 is 0. The number of nitrogens with two attached hydrogens (primary N) is 2. The van der Waals surface area contributed by atoms with E-state index in [1.54, 1.807) is 0 Å². The molecule has 0 atom stereocenters. The minimum Gasteiger partial charge on any atom is -0.398 e. The van der Waals surface area contributed by atoms with Crippen LogP contribution in [0.1, 0.15) is 68.2 Å². The lowest BCUT2D eigenvalue weighted by molar-refractivity contribution is 0.710. The van der Waals surface area contributed by atoms with Crippen LogP contribution in [-0.4, -0.2) is 0 Å². The van der Waals surface area contributed by atoms with Crippen LogP contribution in [0.4, 0.5) is 0 Å². The summed E-state index contributed by atoms with van der Waals surface area (Å²) in [6.07, 6.45) is 11.1. The Kier molecular flexibility index (Phi) is 7.20. The standard InChI is InChI=1S/C26H40N2/c1-15(2)21-13-11-19(23(17(5)6)25(21)27)9-10-20-12-14-22(16(3)4)26(28)24(20)18(7)8/h9-10,13-18H,11-12,27-28H2,1-8H3. The first-order chi connectivity index (χ1) is 13.1. The fourth-order valence-electron chi connectivity index (χ4n) is 4.51. The molecule has 0 bridgehead atoms. The lowest BCUT2D eigenvalue weighted by Gasteiger charge is -2.27. The molecule has 0 aromatic carbocycles. The normalized spacial score (nSPS) is 21.7. The molecule has 2 aliphatic rings. The van der Waals surface area contributed by atoms with Gasteiger partial charge in [-0.25, -0.2) is 0 Å². The second-order valence-corrected chi connectivity index (χ2v) is 9.38. The monoisotopic (exact) mass is 380 g/mol. The first-order valence-electron chi connectivity index (χ1n) is 10.9. The number of allylic oxidation sites excluding steroid dienone is 10. The van der Waals surface area contributed by atoms with Gasteiger partial charge >= 0.3 is 0 Å². The second-order valence-electron chi connectivity index (χ2n) is 9.38. The van der Waals surface area contributed by atoms with Gasteiger partial charge in [-0.3, -0.25) is 0 Å². The predicted octanol–water partition coefficient (Wildman–Crippen LogP) is 6.55. The topological polar surface area (TPSA) is 52.0 Å². The zero-order valence-electron chi connectivity index (χ0n) is 19.2. The molecule has 4 N–H and O–H groups in total. The zero-order chi connectivity index (χ0) is 21.2. The van der Waals surface area contributed by atoms with Gasteiger partial charge in [0.25, 0.3) is 0 Å². The quantitative estimate of drug-likeness (QED) is 0.568. The molecular weight excluding hydrogens is 340 g/mol. The van der Waals surface area contributed by atoms with Crippen LogP contribution >= 0.6 is 0 Å². The molecule has 2 heteroatoms. The van der Waals surface area contributed by atoms with Crippen molar-refractivity contribution < 1.29 is 0 Å². The van der Waals surface area contributed by atoms with Gasteiger partial charge in [-0.05, 0) is 70.0 Å². The molecule has 0 fully saturated rings. The molecule has 2 nitrogen and oxygen atoms in total. The Labute approximate surface area is 172 Å². The lowest BCUT2D eigenvalue weighted by Crippen LogP contribution is -2.18. The van der Waals surface area contributed by atoms with Gasteiger partial charge in [0.2, 0.25) is 0 Å². The molecule has 0 unspecified atom stereocenters. The summed E-state index contributed by atoms with van der Waals surface area (Å²) in [6.45, 7) is 17.8. The molecule has 2 aliphatic carbocycles. The third-order valence-corrected chi connectivity index (χ3v) is 5.86. The average Bonchev–Trinajstić information content (AvgIpc) is 2.58. The van der Waals surface area contributed by atoms with Gasteiger partial charge in [0.1, 0.15) is 0 Å². The van der Waals surface area contributed by atoms with Gasteiger partial charge in [-0.15, -0.1) is 0 Å². The summed E-state index contributed by atoms with van der Waals surface area (Å²) in [4.78, 5) is 0. The highest BCUT2D eigenvalue weighted by Gasteiger charge is 2.23. The van der Waals surface area contributed by atoms with E-state index in [2.05, 4.69) is 79.7 Å². The molecule has 28 heavy (non-hydrogen) atoms. The van der Waals surface area contributed by atoms with E-state index >= 15 is 0 Å². The van der Waals surface area contributed by atoms with E-state index in [1.807, 2.05) is 0 Å². The summed E-state index contributed by atoms with van der Waals surface area (Å²) in [5.41, 5.74) is 23.0. The van der Waals surface area contributed by atoms with Crippen LogP contribution in [0, 0.1) is 23.7 Å². The Morgan fingerprint density at radius 3 is 1.18 bits per heavy atom. The van der Waals surface area contributed by atoms with E-state index in [0.717, 1.165) is 24.2 Å². The molecule has 0 amide bonds. The molecule has 0 saturated heterocycles. The van der Waals surface area contributed by atoms with Crippen molar-refractivity contribution in [3.8, 4) is 0 Å². The Hall–Kier alpha value is -1.96. The highest BCUT2D eigenvalue weighted by molar-refractivity contribution is 5.54. The first-order valence-corrected chi connectivity index (χ1v) is 10.9. The van der Waals surface area contributed by atoms with E-state index in [0.29, 0.717) is 23.7 Å². The largest absolute Gasteiger partial charge is 0.398 e. The Morgan fingerprint density at radius 1 is 0.607 bits per heavy atom. The van der Waals surface area contributed by atoms with E-state index in [-0.39, 0.29) is 0 Å². The molecule has 0 saturated carbocycles. The van der Waals surface area contributed by atoms with Crippen LogP contribution in [0.3, 0.4) is 0 Å². The summed E-state index contributed by atoms with van der Waals surface area (Å²) in [7, 11) is 0. The number of rotatable bonds is 5. The van der Waals surface area contributed by atoms with Gasteiger partial charge in [0, 0.05) is 11.4 Å². The van der Waals surface area contributed by atoms with Crippen molar-refractivity contribution in [2.75, 3.05) is 0 Å². The van der Waals surface area contributed by atoms with E-state index in [9.17, 15) is 0 Å². The van der Waals surface area contributed by atoms with E-state index in [1.165, 1.54) is 33.4 Å². The van der Waals surface area contributed by atoms with Crippen molar-refractivity contribution in [1.82, 2.24) is 0 Å².